The molecule has 0 heterocycles. The van der Waals surface area contributed by atoms with Crippen molar-refractivity contribution >= 4 is 0 Å². The van der Waals surface area contributed by atoms with Crippen LogP contribution in [-0.2, 0) is 4.84 Å². The molecule has 0 saturated heterocycles. The second-order valence-electron chi connectivity index (χ2n) is 3.23. The van der Waals surface area contributed by atoms with Crippen LogP contribution in [0.4, 0.5) is 0 Å². The highest BCUT2D eigenvalue weighted by atomic mass is 16.6. The Labute approximate surface area is 89.9 Å². The molecule has 0 atom stereocenters. The van der Waals surface area contributed by atoms with E-state index >= 15 is 0 Å². The highest BCUT2D eigenvalue weighted by Gasteiger charge is 2.03. The van der Waals surface area contributed by atoms with Crippen LogP contribution in [0.25, 0.3) is 0 Å². The largest absolute Gasteiger partial charge is 0.493 e. The molecule has 2 N–H and O–H groups in total. The minimum Gasteiger partial charge on any atom is -0.493 e. The average molecular weight is 211 g/mol. The van der Waals surface area contributed by atoms with Gasteiger partial charge in [0, 0.05) is 6.42 Å². The summed E-state index contributed by atoms with van der Waals surface area (Å²) in [4.78, 5) is 4.44. The summed E-state index contributed by atoms with van der Waals surface area (Å²) in [5.74, 6) is 6.41. The summed E-state index contributed by atoms with van der Waals surface area (Å²) in [7, 11) is 1.63. The van der Waals surface area contributed by atoms with Gasteiger partial charge in [-0.3, -0.25) is 0 Å². The molecule has 1 aromatic carbocycles. The fourth-order valence-corrected chi connectivity index (χ4v) is 1.22. The van der Waals surface area contributed by atoms with Crippen molar-refractivity contribution in [1.29, 1.82) is 0 Å². The van der Waals surface area contributed by atoms with Gasteiger partial charge in [-0.2, -0.15) is 0 Å². The molecule has 4 nitrogen and oxygen atoms in total. The van der Waals surface area contributed by atoms with E-state index in [1.54, 1.807) is 7.11 Å². The molecule has 0 saturated carbocycles. The monoisotopic (exact) mass is 211 g/mol. The van der Waals surface area contributed by atoms with Crippen LogP contribution < -0.4 is 15.4 Å². The van der Waals surface area contributed by atoms with Gasteiger partial charge in [0.25, 0.3) is 0 Å². The van der Waals surface area contributed by atoms with Gasteiger partial charge in [0.05, 0.1) is 20.3 Å². The Morgan fingerprint density at radius 1 is 1.20 bits per heavy atom. The first-order chi connectivity index (χ1) is 7.27. The Hall–Kier alpha value is -1.26. The van der Waals surface area contributed by atoms with Gasteiger partial charge in [-0.1, -0.05) is 6.07 Å². The minimum atomic E-state index is 0.494. The van der Waals surface area contributed by atoms with Crippen molar-refractivity contribution in [2.45, 2.75) is 13.3 Å². The number of benzene rings is 1. The fourth-order valence-electron chi connectivity index (χ4n) is 1.22. The molecule has 0 fully saturated rings. The van der Waals surface area contributed by atoms with E-state index in [2.05, 4.69) is 4.84 Å². The maximum atomic E-state index is 5.52. The van der Waals surface area contributed by atoms with Crippen LogP contribution in [0.5, 0.6) is 11.5 Å². The van der Waals surface area contributed by atoms with Gasteiger partial charge in [0.2, 0.25) is 0 Å². The summed E-state index contributed by atoms with van der Waals surface area (Å²) >= 11 is 0. The fraction of sp³-hybridized carbons (Fsp3) is 0.455. The van der Waals surface area contributed by atoms with Gasteiger partial charge in [-0.15, -0.1) is 0 Å². The smallest absolute Gasteiger partial charge is 0.161 e. The number of nitrogens with two attached hydrogens (primary N) is 1. The third-order valence-corrected chi connectivity index (χ3v) is 1.98. The van der Waals surface area contributed by atoms with Gasteiger partial charge < -0.3 is 14.3 Å². The van der Waals surface area contributed by atoms with Gasteiger partial charge in [0.15, 0.2) is 11.5 Å². The number of methoxy groups -OCH3 is 1. The van der Waals surface area contributed by atoms with Crippen LogP contribution in [0.3, 0.4) is 0 Å². The van der Waals surface area contributed by atoms with E-state index < -0.39 is 0 Å². The number of rotatable bonds is 6. The zero-order valence-corrected chi connectivity index (χ0v) is 9.16. The maximum absolute atomic E-state index is 5.52. The zero-order chi connectivity index (χ0) is 11.1. The molecule has 0 bridgehead atoms. The van der Waals surface area contributed by atoms with E-state index in [4.69, 9.17) is 15.4 Å². The zero-order valence-electron chi connectivity index (χ0n) is 9.16. The molecule has 15 heavy (non-hydrogen) atoms. The second-order valence-corrected chi connectivity index (χ2v) is 3.23. The molecule has 0 spiro atoms. The molecule has 0 aliphatic carbocycles. The van der Waals surface area contributed by atoms with E-state index in [9.17, 15) is 0 Å². The lowest BCUT2D eigenvalue weighted by molar-refractivity contribution is 0.121. The molecular weight excluding hydrogens is 194 g/mol. The van der Waals surface area contributed by atoms with Crippen molar-refractivity contribution in [1.82, 2.24) is 0 Å². The lowest BCUT2D eigenvalue weighted by Gasteiger charge is -2.10. The first-order valence-corrected chi connectivity index (χ1v) is 4.87. The van der Waals surface area contributed by atoms with Crippen LogP contribution >= 0.6 is 0 Å². The van der Waals surface area contributed by atoms with Crippen LogP contribution in [0.15, 0.2) is 18.2 Å². The molecule has 0 radical (unpaired) electrons. The average Bonchev–Trinajstić information content (AvgIpc) is 2.26. The predicted octanol–water partition coefficient (Wildman–Crippen LogP) is 1.66. The van der Waals surface area contributed by atoms with Gasteiger partial charge in [0.1, 0.15) is 0 Å². The molecule has 4 heteroatoms. The van der Waals surface area contributed by atoms with Crippen molar-refractivity contribution in [3.63, 3.8) is 0 Å². The third kappa shape index (κ3) is 3.77. The van der Waals surface area contributed by atoms with E-state index in [1.807, 2.05) is 25.1 Å². The van der Waals surface area contributed by atoms with Crippen LogP contribution in [0, 0.1) is 6.92 Å². The Morgan fingerprint density at radius 2 is 2.00 bits per heavy atom. The quantitative estimate of drug-likeness (QED) is 0.574. The summed E-state index contributed by atoms with van der Waals surface area (Å²) in [5, 5.41) is 0. The highest BCUT2D eigenvalue weighted by Crippen LogP contribution is 2.27. The van der Waals surface area contributed by atoms with Gasteiger partial charge >= 0.3 is 0 Å². The SMILES string of the molecule is COc1cc(C)ccc1OCCCON. The van der Waals surface area contributed by atoms with E-state index in [1.165, 1.54) is 0 Å². The van der Waals surface area contributed by atoms with Gasteiger partial charge in [-0.25, -0.2) is 5.90 Å². The van der Waals surface area contributed by atoms with E-state index in [0.29, 0.717) is 13.2 Å². The Kier molecular flexibility index (Phi) is 4.93. The van der Waals surface area contributed by atoms with Crippen LogP contribution in [0.1, 0.15) is 12.0 Å². The minimum absolute atomic E-state index is 0.494. The standard InChI is InChI=1S/C11H17NO3/c1-9-4-5-10(11(8-9)13-2)14-6-3-7-15-12/h4-5,8H,3,6-7,12H2,1-2H3. The van der Waals surface area contributed by atoms with Crippen molar-refractivity contribution in [2.75, 3.05) is 20.3 Å². The van der Waals surface area contributed by atoms with Crippen LogP contribution in [-0.4, -0.2) is 20.3 Å². The number of hydrogen-bond acceptors (Lipinski definition) is 4. The van der Waals surface area contributed by atoms with Crippen molar-refractivity contribution in [3.8, 4) is 11.5 Å². The highest BCUT2D eigenvalue weighted by molar-refractivity contribution is 5.42. The number of aryl methyl sites for hydroxylation is 1. The summed E-state index contributed by atoms with van der Waals surface area (Å²) in [5.41, 5.74) is 1.14. The molecule has 1 rings (SSSR count). The summed E-state index contributed by atoms with van der Waals surface area (Å²) in [6.07, 6.45) is 0.757. The van der Waals surface area contributed by atoms with E-state index in [-0.39, 0.29) is 0 Å². The lowest BCUT2D eigenvalue weighted by Crippen LogP contribution is -2.06. The molecule has 84 valence electrons. The first kappa shape index (κ1) is 11.8. The predicted molar refractivity (Wildman–Crippen MR) is 58.0 cm³/mol. The van der Waals surface area contributed by atoms with Gasteiger partial charge in [-0.05, 0) is 24.6 Å². The van der Waals surface area contributed by atoms with Crippen molar-refractivity contribution < 1.29 is 14.3 Å². The van der Waals surface area contributed by atoms with Crippen molar-refractivity contribution in [3.05, 3.63) is 23.8 Å². The summed E-state index contributed by atoms with van der Waals surface area (Å²) in [6, 6.07) is 5.82. The number of ether oxygens (including phenoxy) is 2. The second kappa shape index (κ2) is 6.27. The van der Waals surface area contributed by atoms with Crippen LogP contribution in [0.2, 0.25) is 0 Å². The lowest BCUT2D eigenvalue weighted by atomic mass is 10.2. The summed E-state index contributed by atoms with van der Waals surface area (Å²) < 4.78 is 10.7. The topological polar surface area (TPSA) is 53.7 Å². The van der Waals surface area contributed by atoms with E-state index in [0.717, 1.165) is 23.5 Å². The molecule has 0 amide bonds. The first-order valence-electron chi connectivity index (χ1n) is 4.87. The normalized spacial score (nSPS) is 10.1. The molecular formula is C11H17NO3. The Bertz CT molecular complexity index is 302. The third-order valence-electron chi connectivity index (χ3n) is 1.98. The Morgan fingerprint density at radius 3 is 2.67 bits per heavy atom. The number of hydrogen-bond donors (Lipinski definition) is 1. The summed E-state index contributed by atoms with van der Waals surface area (Å²) in [6.45, 7) is 3.07. The van der Waals surface area contributed by atoms with Crippen molar-refractivity contribution in [2.24, 2.45) is 5.90 Å². The molecule has 1 aromatic rings. The maximum Gasteiger partial charge on any atom is 0.161 e. The molecule has 0 aliphatic heterocycles. The molecule has 0 unspecified atom stereocenters. The molecule has 0 aliphatic rings. The Balaban J connectivity index is 2.52. The molecule has 0 aromatic heterocycles.